The molecule has 0 saturated carbocycles. The van der Waals surface area contributed by atoms with Crippen molar-refractivity contribution < 1.29 is 19.7 Å². The molecule has 1 heterocycles. The molecule has 0 saturated heterocycles. The molecule has 0 spiro atoms. The topological polar surface area (TPSA) is 87.1 Å². The molecule has 154 valence electrons. The monoisotopic (exact) mass is 415 g/mol. The highest BCUT2D eigenvalue weighted by atomic mass is 32.1. The van der Waals surface area contributed by atoms with Crippen molar-refractivity contribution >= 4 is 37.5 Å². The number of rotatable bonds is 9. The molecule has 0 amide bonds. The van der Waals surface area contributed by atoms with Crippen molar-refractivity contribution in [3.8, 4) is 0 Å². The van der Waals surface area contributed by atoms with Crippen LogP contribution in [0.4, 0.5) is 0 Å². The Bertz CT molecular complexity index is 1040. The second kappa shape index (κ2) is 9.93. The van der Waals surface area contributed by atoms with Crippen LogP contribution in [0.15, 0.2) is 47.3 Å². The number of hydrogen-bond acceptors (Lipinski definition) is 7. The van der Waals surface area contributed by atoms with E-state index in [-0.39, 0.29) is 18.6 Å². The number of esters is 1. The Morgan fingerprint density at radius 3 is 2.45 bits per heavy atom. The summed E-state index contributed by atoms with van der Waals surface area (Å²) in [7, 11) is 0. The van der Waals surface area contributed by atoms with Gasteiger partial charge in [-0.2, -0.15) is 0 Å². The Morgan fingerprint density at radius 1 is 1.07 bits per heavy atom. The number of hydrogen-bond donors (Lipinski definition) is 2. The molecule has 1 unspecified atom stereocenters. The number of aliphatic hydroxyl groups is 2. The zero-order chi connectivity index (χ0) is 20.8. The molecule has 3 rings (SSSR count). The van der Waals surface area contributed by atoms with E-state index in [2.05, 4.69) is 0 Å². The smallest absolute Gasteiger partial charge is 0.341 e. The minimum absolute atomic E-state index is 0.0976. The largest absolute Gasteiger partial charge is 0.443 e. The highest BCUT2D eigenvalue weighted by molar-refractivity contribution is 7.24. The number of fused-ring (bicyclic) bond motifs is 2. The predicted molar refractivity (Wildman–Crippen MR) is 115 cm³/mol. The van der Waals surface area contributed by atoms with Gasteiger partial charge in [0.1, 0.15) is 0 Å². The number of carbonyl (C=O) groups is 1. The van der Waals surface area contributed by atoms with Gasteiger partial charge in [0, 0.05) is 28.6 Å². The Hall–Kier alpha value is -2.32. The molecule has 1 aromatic heterocycles. The van der Waals surface area contributed by atoms with Crippen LogP contribution < -0.4 is 5.43 Å². The van der Waals surface area contributed by atoms with Crippen molar-refractivity contribution in [2.45, 2.75) is 26.0 Å². The minimum Gasteiger partial charge on any atom is -0.443 e. The van der Waals surface area contributed by atoms with Gasteiger partial charge in [-0.15, -0.1) is 11.3 Å². The molecule has 7 heteroatoms. The van der Waals surface area contributed by atoms with Crippen LogP contribution in [0.1, 0.15) is 30.1 Å². The molecule has 0 fully saturated rings. The Kier molecular flexibility index (Phi) is 7.33. The van der Waals surface area contributed by atoms with Gasteiger partial charge in [-0.3, -0.25) is 9.69 Å². The maximum atomic E-state index is 13.0. The molecule has 0 aliphatic heterocycles. The van der Waals surface area contributed by atoms with Crippen LogP contribution in [0.2, 0.25) is 0 Å². The van der Waals surface area contributed by atoms with Gasteiger partial charge in [-0.05, 0) is 30.7 Å². The highest BCUT2D eigenvalue weighted by Gasteiger charge is 2.23. The average molecular weight is 416 g/mol. The number of benzene rings is 2. The summed E-state index contributed by atoms with van der Waals surface area (Å²) in [5.41, 5.74) is 0.251. The standard InChI is InChI=1S/C22H25NO5S/c1-2-6-19(23(11-13-24)12-14-25)28-22(27)17-9-5-8-16-20(26)15-7-3-4-10-18(15)29-21(16)17/h3-5,7-10,19,24-25H,2,6,11-14H2,1H3. The van der Waals surface area contributed by atoms with Crippen molar-refractivity contribution in [1.82, 2.24) is 4.90 Å². The van der Waals surface area contributed by atoms with Gasteiger partial charge < -0.3 is 14.9 Å². The van der Waals surface area contributed by atoms with Gasteiger partial charge in [0.25, 0.3) is 0 Å². The maximum absolute atomic E-state index is 13.0. The van der Waals surface area contributed by atoms with Crippen LogP contribution >= 0.6 is 11.3 Å². The van der Waals surface area contributed by atoms with Gasteiger partial charge in [0.05, 0.1) is 23.5 Å². The average Bonchev–Trinajstić information content (AvgIpc) is 2.73. The first-order valence-corrected chi connectivity index (χ1v) is 10.5. The molecule has 2 aromatic carbocycles. The first-order chi connectivity index (χ1) is 14.1. The quantitative estimate of drug-likeness (QED) is 0.317. The third-order valence-corrected chi connectivity index (χ3v) is 6.00. The van der Waals surface area contributed by atoms with E-state index in [0.717, 1.165) is 11.1 Å². The Morgan fingerprint density at radius 2 is 1.76 bits per heavy atom. The van der Waals surface area contributed by atoms with Gasteiger partial charge >= 0.3 is 5.97 Å². The summed E-state index contributed by atoms with van der Waals surface area (Å²) in [6.07, 6.45) is 0.799. The fourth-order valence-corrected chi connectivity index (χ4v) is 4.56. The van der Waals surface area contributed by atoms with Crippen molar-refractivity contribution in [3.05, 3.63) is 58.3 Å². The number of nitrogens with zero attached hydrogens (tertiary/aromatic N) is 1. The first kappa shape index (κ1) is 21.4. The lowest BCUT2D eigenvalue weighted by Crippen LogP contribution is -2.42. The van der Waals surface area contributed by atoms with Gasteiger partial charge in [0.15, 0.2) is 11.7 Å². The van der Waals surface area contributed by atoms with E-state index in [1.54, 1.807) is 29.2 Å². The SMILES string of the molecule is CCCC(OC(=O)c1cccc2c(=O)c3ccccc3sc12)N(CCO)CCO. The molecule has 0 aliphatic carbocycles. The van der Waals surface area contributed by atoms with E-state index in [1.165, 1.54) is 11.3 Å². The predicted octanol–water partition coefficient (Wildman–Crippen LogP) is 2.98. The van der Waals surface area contributed by atoms with Crippen LogP contribution in [0, 0.1) is 0 Å². The van der Waals surface area contributed by atoms with E-state index >= 15 is 0 Å². The first-order valence-electron chi connectivity index (χ1n) is 9.72. The molecule has 3 aromatic rings. The van der Waals surface area contributed by atoms with Crippen molar-refractivity contribution in [3.63, 3.8) is 0 Å². The molecule has 2 N–H and O–H groups in total. The van der Waals surface area contributed by atoms with Crippen molar-refractivity contribution in [2.24, 2.45) is 0 Å². The van der Waals surface area contributed by atoms with E-state index in [4.69, 9.17) is 4.74 Å². The third-order valence-electron chi connectivity index (χ3n) is 4.78. The Balaban J connectivity index is 2.00. The summed E-state index contributed by atoms with van der Waals surface area (Å²) in [4.78, 5) is 27.6. The number of aliphatic hydroxyl groups excluding tert-OH is 2. The molecular formula is C22H25NO5S. The zero-order valence-electron chi connectivity index (χ0n) is 16.3. The normalized spacial score (nSPS) is 12.6. The number of ether oxygens (including phenoxy) is 1. The zero-order valence-corrected chi connectivity index (χ0v) is 17.2. The van der Waals surface area contributed by atoms with Crippen LogP contribution in [-0.2, 0) is 4.74 Å². The van der Waals surface area contributed by atoms with Gasteiger partial charge in [0.2, 0.25) is 0 Å². The van der Waals surface area contributed by atoms with Gasteiger partial charge in [-0.1, -0.05) is 31.5 Å². The van der Waals surface area contributed by atoms with Crippen molar-refractivity contribution in [1.29, 1.82) is 0 Å². The molecule has 0 aliphatic rings. The lowest BCUT2D eigenvalue weighted by Gasteiger charge is -2.30. The van der Waals surface area contributed by atoms with E-state index < -0.39 is 12.2 Å². The van der Waals surface area contributed by atoms with Gasteiger partial charge in [-0.25, -0.2) is 4.79 Å². The van der Waals surface area contributed by atoms with Crippen LogP contribution in [0.25, 0.3) is 20.2 Å². The summed E-state index contributed by atoms with van der Waals surface area (Å²) < 4.78 is 7.19. The van der Waals surface area contributed by atoms with Crippen LogP contribution in [-0.4, -0.2) is 53.6 Å². The lowest BCUT2D eigenvalue weighted by molar-refractivity contribution is -0.0463. The molecule has 0 bridgehead atoms. The van der Waals surface area contributed by atoms with E-state index in [0.29, 0.717) is 40.5 Å². The third kappa shape index (κ3) is 4.64. The second-order valence-electron chi connectivity index (χ2n) is 6.74. The fourth-order valence-electron chi connectivity index (χ4n) is 3.39. The summed E-state index contributed by atoms with van der Waals surface area (Å²) in [5, 5.41) is 19.7. The van der Waals surface area contributed by atoms with E-state index in [9.17, 15) is 19.8 Å². The molecule has 1 atom stereocenters. The van der Waals surface area contributed by atoms with Crippen LogP contribution in [0.5, 0.6) is 0 Å². The van der Waals surface area contributed by atoms with E-state index in [1.807, 2.05) is 25.1 Å². The summed E-state index contributed by atoms with van der Waals surface area (Å²) in [5.74, 6) is -0.513. The molecule has 6 nitrogen and oxygen atoms in total. The second-order valence-corrected chi connectivity index (χ2v) is 7.79. The molecular weight excluding hydrogens is 390 g/mol. The number of carbonyl (C=O) groups excluding carboxylic acids is 1. The molecule has 0 radical (unpaired) electrons. The Labute approximate surface area is 173 Å². The fraction of sp³-hybridized carbons (Fsp3) is 0.364. The van der Waals surface area contributed by atoms with Crippen molar-refractivity contribution in [2.75, 3.05) is 26.3 Å². The minimum atomic E-state index is -0.556. The highest BCUT2D eigenvalue weighted by Crippen LogP contribution is 2.28. The summed E-state index contributed by atoms with van der Waals surface area (Å²) >= 11 is 1.40. The van der Waals surface area contributed by atoms with Crippen LogP contribution in [0.3, 0.4) is 0 Å². The summed E-state index contributed by atoms with van der Waals surface area (Å²) in [6.45, 7) is 2.38. The maximum Gasteiger partial charge on any atom is 0.341 e. The lowest BCUT2D eigenvalue weighted by atomic mass is 10.1. The summed E-state index contributed by atoms with van der Waals surface area (Å²) in [6, 6.07) is 12.4. The molecule has 29 heavy (non-hydrogen) atoms.